The molecule has 2 aromatic rings. The van der Waals surface area contributed by atoms with Gasteiger partial charge in [0.1, 0.15) is 6.61 Å². The Balaban J connectivity index is 1.26. The average Bonchev–Trinajstić information content (AvgIpc) is 3.66. The van der Waals surface area contributed by atoms with Gasteiger partial charge in [-0.15, -0.1) is 10.2 Å². The molecule has 182 valence electrons. The number of hydrogen-bond acceptors (Lipinski definition) is 6. The van der Waals surface area contributed by atoms with Gasteiger partial charge in [0, 0.05) is 32.8 Å². The molecule has 2 heterocycles. The quantitative estimate of drug-likeness (QED) is 0.588. The number of piperazine rings is 1. The van der Waals surface area contributed by atoms with Gasteiger partial charge in [-0.3, -0.25) is 9.59 Å². The Morgan fingerprint density at radius 3 is 2.41 bits per heavy atom. The van der Waals surface area contributed by atoms with Crippen molar-refractivity contribution in [2.75, 3.05) is 49.6 Å². The third kappa shape index (κ3) is 6.22. The summed E-state index contributed by atoms with van der Waals surface area (Å²) >= 11 is 0. The van der Waals surface area contributed by atoms with Crippen molar-refractivity contribution in [1.82, 2.24) is 15.1 Å². The molecule has 0 spiro atoms. The number of carbonyl (C=O) groups excluding carboxylic acids is 2. The smallest absolute Gasteiger partial charge is 0.372 e. The summed E-state index contributed by atoms with van der Waals surface area (Å²) in [5.41, 5.74) is -1.28. The fourth-order valence-corrected chi connectivity index (χ4v) is 3.79. The first kappa shape index (κ1) is 23.9. The minimum atomic E-state index is -4.59. The summed E-state index contributed by atoms with van der Waals surface area (Å²) in [6, 6.07) is 8.14. The van der Waals surface area contributed by atoms with E-state index in [1.165, 1.54) is 35.9 Å². The lowest BCUT2D eigenvalue weighted by atomic mass is 10.1. The van der Waals surface area contributed by atoms with Crippen LogP contribution in [0.5, 0.6) is 0 Å². The van der Waals surface area contributed by atoms with Gasteiger partial charge in [0.15, 0.2) is 11.6 Å². The van der Waals surface area contributed by atoms with Gasteiger partial charge in [-0.1, -0.05) is 25.0 Å². The summed E-state index contributed by atoms with van der Waals surface area (Å²) in [6.45, 7) is 1.83. The van der Waals surface area contributed by atoms with Crippen LogP contribution in [0.1, 0.15) is 35.2 Å². The molecule has 1 saturated heterocycles. The van der Waals surface area contributed by atoms with Crippen molar-refractivity contribution in [2.45, 2.75) is 25.4 Å². The molecule has 0 radical (unpaired) electrons. The molecule has 0 bridgehead atoms. The number of alkyl halides is 3. The number of anilines is 2. The first-order valence-electron chi connectivity index (χ1n) is 11.2. The number of amides is 2. The number of rotatable bonds is 8. The maximum Gasteiger partial charge on any atom is 0.417 e. The number of aromatic nitrogens is 2. The molecule has 1 saturated carbocycles. The van der Waals surface area contributed by atoms with E-state index in [0.29, 0.717) is 31.3 Å². The first-order valence-corrected chi connectivity index (χ1v) is 11.2. The van der Waals surface area contributed by atoms with Crippen LogP contribution in [0.4, 0.5) is 24.8 Å². The van der Waals surface area contributed by atoms with Crippen LogP contribution in [0.15, 0.2) is 36.4 Å². The molecule has 1 aliphatic heterocycles. The normalized spacial score (nSPS) is 16.4. The number of nitrogens with zero attached hydrogens (tertiary/aromatic N) is 4. The molecule has 4 rings (SSSR count). The zero-order chi connectivity index (χ0) is 24.1. The summed E-state index contributed by atoms with van der Waals surface area (Å²) in [5, 5.41) is 10.8. The van der Waals surface area contributed by atoms with Crippen LogP contribution in [-0.4, -0.2) is 66.3 Å². The van der Waals surface area contributed by atoms with Crippen LogP contribution in [0.2, 0.25) is 0 Å². The molecule has 2 fully saturated rings. The van der Waals surface area contributed by atoms with Crippen molar-refractivity contribution in [3.8, 4) is 0 Å². The van der Waals surface area contributed by atoms with E-state index in [0.717, 1.165) is 18.4 Å². The summed E-state index contributed by atoms with van der Waals surface area (Å²) < 4.78 is 45.1. The molecular formula is C23H26F3N5O3. The van der Waals surface area contributed by atoms with E-state index in [1.807, 2.05) is 4.90 Å². The largest absolute Gasteiger partial charge is 0.417 e. The minimum absolute atomic E-state index is 0.0381. The molecular weight excluding hydrogens is 451 g/mol. The van der Waals surface area contributed by atoms with Crippen molar-refractivity contribution in [1.29, 1.82) is 0 Å². The van der Waals surface area contributed by atoms with Crippen molar-refractivity contribution in [3.63, 3.8) is 0 Å². The second-order valence-corrected chi connectivity index (χ2v) is 8.43. The zero-order valence-corrected chi connectivity index (χ0v) is 18.6. The molecule has 0 unspecified atom stereocenters. The number of nitrogens with one attached hydrogen (secondary N) is 1. The predicted octanol–water partition coefficient (Wildman–Crippen LogP) is 3.21. The van der Waals surface area contributed by atoms with Crippen LogP contribution < -0.4 is 10.2 Å². The summed E-state index contributed by atoms with van der Waals surface area (Å²) in [7, 11) is 0. The second kappa shape index (κ2) is 10.4. The first-order chi connectivity index (χ1) is 16.3. The standard InChI is InChI=1S/C23H26F3N5O3/c24-23(25,26)18-4-2-1-3-17(18)22(33)31-12-10-30(11-13-31)20-8-7-19(28-29-20)27-21(32)15-34-14-9-16-5-6-16/h1-4,7-8,16H,5-6,9-15H2,(H,27,28,32). The Bertz CT molecular complexity index is 1000. The Morgan fingerprint density at radius 2 is 1.76 bits per heavy atom. The van der Waals surface area contributed by atoms with Gasteiger partial charge in [-0.2, -0.15) is 13.2 Å². The highest BCUT2D eigenvalue weighted by Gasteiger charge is 2.36. The lowest BCUT2D eigenvalue weighted by molar-refractivity contribution is -0.138. The van der Waals surface area contributed by atoms with Gasteiger partial charge in [0.25, 0.3) is 11.8 Å². The lowest BCUT2D eigenvalue weighted by Gasteiger charge is -2.35. The number of carbonyl (C=O) groups is 2. The van der Waals surface area contributed by atoms with E-state index in [1.54, 1.807) is 12.1 Å². The molecule has 8 nitrogen and oxygen atoms in total. The van der Waals surface area contributed by atoms with Gasteiger partial charge >= 0.3 is 6.18 Å². The fraction of sp³-hybridized carbons (Fsp3) is 0.478. The van der Waals surface area contributed by atoms with Gasteiger partial charge in [0.05, 0.1) is 11.1 Å². The molecule has 1 aliphatic carbocycles. The molecule has 11 heteroatoms. The zero-order valence-electron chi connectivity index (χ0n) is 18.6. The van der Waals surface area contributed by atoms with Crippen LogP contribution in [0.3, 0.4) is 0 Å². The molecule has 34 heavy (non-hydrogen) atoms. The van der Waals surface area contributed by atoms with Crippen molar-refractivity contribution < 1.29 is 27.5 Å². The fourth-order valence-electron chi connectivity index (χ4n) is 3.79. The molecule has 1 aromatic heterocycles. The Hall–Kier alpha value is -3.21. The number of ether oxygens (including phenoxy) is 1. The van der Waals surface area contributed by atoms with Crippen molar-refractivity contribution in [2.24, 2.45) is 5.92 Å². The Morgan fingerprint density at radius 1 is 1.03 bits per heavy atom. The van der Waals surface area contributed by atoms with Crippen LogP contribution in [0, 0.1) is 5.92 Å². The van der Waals surface area contributed by atoms with E-state index in [4.69, 9.17) is 4.74 Å². The summed E-state index contributed by atoms with van der Waals surface area (Å²) in [6.07, 6.45) is -1.12. The van der Waals surface area contributed by atoms with Crippen LogP contribution >= 0.6 is 0 Å². The number of hydrogen-bond donors (Lipinski definition) is 1. The van der Waals surface area contributed by atoms with Gasteiger partial charge in [-0.25, -0.2) is 0 Å². The third-order valence-corrected chi connectivity index (χ3v) is 5.87. The molecule has 1 aromatic carbocycles. The van der Waals surface area contributed by atoms with E-state index >= 15 is 0 Å². The highest BCUT2D eigenvalue weighted by atomic mass is 19.4. The molecule has 0 atom stereocenters. The molecule has 1 N–H and O–H groups in total. The minimum Gasteiger partial charge on any atom is -0.372 e. The van der Waals surface area contributed by atoms with E-state index in [-0.39, 0.29) is 31.2 Å². The lowest BCUT2D eigenvalue weighted by Crippen LogP contribution is -2.49. The van der Waals surface area contributed by atoms with Crippen LogP contribution in [-0.2, 0) is 15.7 Å². The van der Waals surface area contributed by atoms with Crippen LogP contribution in [0.25, 0.3) is 0 Å². The molecule has 2 aliphatic rings. The van der Waals surface area contributed by atoms with Gasteiger partial charge in [0.2, 0.25) is 0 Å². The number of benzene rings is 1. The Labute approximate surface area is 195 Å². The number of halogens is 3. The van der Waals surface area contributed by atoms with Crippen molar-refractivity contribution in [3.05, 3.63) is 47.5 Å². The highest BCUT2D eigenvalue weighted by Crippen LogP contribution is 2.33. The predicted molar refractivity (Wildman–Crippen MR) is 118 cm³/mol. The summed E-state index contributed by atoms with van der Waals surface area (Å²) in [4.78, 5) is 28.0. The van der Waals surface area contributed by atoms with Crippen molar-refractivity contribution >= 4 is 23.5 Å². The SMILES string of the molecule is O=C(COCCC1CC1)Nc1ccc(N2CCN(C(=O)c3ccccc3C(F)(F)F)CC2)nn1. The highest BCUT2D eigenvalue weighted by molar-refractivity contribution is 5.96. The topological polar surface area (TPSA) is 87.7 Å². The van der Waals surface area contributed by atoms with E-state index in [2.05, 4.69) is 15.5 Å². The van der Waals surface area contributed by atoms with E-state index in [9.17, 15) is 22.8 Å². The van der Waals surface area contributed by atoms with Gasteiger partial charge in [-0.05, 0) is 36.6 Å². The monoisotopic (exact) mass is 477 g/mol. The second-order valence-electron chi connectivity index (χ2n) is 8.43. The Kier molecular flexibility index (Phi) is 7.30. The third-order valence-electron chi connectivity index (χ3n) is 5.87. The van der Waals surface area contributed by atoms with Gasteiger partial charge < -0.3 is 19.9 Å². The maximum atomic E-state index is 13.3. The summed E-state index contributed by atoms with van der Waals surface area (Å²) in [5.74, 6) is 0.663. The molecule has 2 amide bonds. The average molecular weight is 477 g/mol. The maximum absolute atomic E-state index is 13.3. The van der Waals surface area contributed by atoms with E-state index < -0.39 is 17.6 Å².